The van der Waals surface area contributed by atoms with Gasteiger partial charge in [0.1, 0.15) is 5.82 Å². The molecular formula is C10H13ClF3N3O. The number of aromatic nitrogens is 2. The highest BCUT2D eigenvalue weighted by Gasteiger charge is 2.33. The van der Waals surface area contributed by atoms with E-state index in [9.17, 15) is 13.2 Å². The van der Waals surface area contributed by atoms with Crippen LogP contribution in [0.2, 0.25) is 5.28 Å². The van der Waals surface area contributed by atoms with Gasteiger partial charge in [-0.1, -0.05) is 0 Å². The minimum absolute atomic E-state index is 0.0211. The van der Waals surface area contributed by atoms with Gasteiger partial charge in [-0.25, -0.2) is 9.97 Å². The van der Waals surface area contributed by atoms with Gasteiger partial charge in [-0.2, -0.15) is 13.2 Å². The summed E-state index contributed by atoms with van der Waals surface area (Å²) in [6, 6.07) is 0.686. The monoisotopic (exact) mass is 283 g/mol. The molecule has 0 saturated heterocycles. The van der Waals surface area contributed by atoms with Crippen molar-refractivity contribution in [3.05, 3.63) is 17.0 Å². The highest BCUT2D eigenvalue weighted by atomic mass is 35.5. The number of aliphatic hydroxyl groups excluding tert-OH is 1. The third-order valence-corrected chi connectivity index (χ3v) is 2.35. The summed E-state index contributed by atoms with van der Waals surface area (Å²) in [7, 11) is 0. The summed E-state index contributed by atoms with van der Waals surface area (Å²) in [5.74, 6) is 0.0211. The van der Waals surface area contributed by atoms with Gasteiger partial charge in [0.2, 0.25) is 5.28 Å². The first-order valence-corrected chi connectivity index (χ1v) is 5.70. The lowest BCUT2D eigenvalue weighted by molar-refractivity contribution is -0.141. The molecule has 18 heavy (non-hydrogen) atoms. The highest BCUT2D eigenvalue weighted by molar-refractivity contribution is 6.28. The Balaban J connectivity index is 2.80. The molecule has 1 aromatic rings. The van der Waals surface area contributed by atoms with E-state index in [1.807, 2.05) is 0 Å². The van der Waals surface area contributed by atoms with Crippen LogP contribution in [0.4, 0.5) is 19.0 Å². The third kappa shape index (κ3) is 4.66. The molecule has 0 amide bonds. The van der Waals surface area contributed by atoms with Crippen LogP contribution in [0.25, 0.3) is 0 Å². The van der Waals surface area contributed by atoms with Gasteiger partial charge in [-0.05, 0) is 31.4 Å². The minimum Gasteiger partial charge on any atom is -0.396 e. The van der Waals surface area contributed by atoms with Crippen LogP contribution < -0.4 is 5.32 Å². The van der Waals surface area contributed by atoms with Crippen LogP contribution >= 0.6 is 11.6 Å². The van der Waals surface area contributed by atoms with Gasteiger partial charge in [0.25, 0.3) is 0 Å². The molecule has 1 rings (SSSR count). The van der Waals surface area contributed by atoms with Crippen molar-refractivity contribution in [2.24, 2.45) is 0 Å². The lowest BCUT2D eigenvalue weighted by Gasteiger charge is -2.15. The first-order chi connectivity index (χ1) is 8.32. The molecule has 2 N–H and O–H groups in total. The molecule has 0 fully saturated rings. The van der Waals surface area contributed by atoms with E-state index in [-0.39, 0.29) is 18.5 Å². The first kappa shape index (κ1) is 15.0. The van der Waals surface area contributed by atoms with Crippen LogP contribution in [-0.2, 0) is 6.18 Å². The number of aliphatic hydroxyl groups is 1. The molecule has 0 aliphatic heterocycles. The predicted octanol–water partition coefficient (Wildman–Crippen LogP) is 2.72. The zero-order valence-electron chi connectivity index (χ0n) is 9.63. The van der Waals surface area contributed by atoms with Crippen molar-refractivity contribution in [1.29, 1.82) is 0 Å². The Morgan fingerprint density at radius 1 is 1.44 bits per heavy atom. The second kappa shape index (κ2) is 6.19. The summed E-state index contributed by atoms with van der Waals surface area (Å²) in [6.07, 6.45) is -3.39. The van der Waals surface area contributed by atoms with E-state index in [1.54, 1.807) is 6.92 Å². The molecule has 0 aliphatic carbocycles. The largest absolute Gasteiger partial charge is 0.433 e. The molecule has 4 nitrogen and oxygen atoms in total. The number of anilines is 1. The van der Waals surface area contributed by atoms with E-state index < -0.39 is 17.2 Å². The average molecular weight is 284 g/mol. The summed E-state index contributed by atoms with van der Waals surface area (Å²) in [5.41, 5.74) is -1.08. The third-order valence-electron chi connectivity index (χ3n) is 2.18. The Morgan fingerprint density at radius 3 is 2.67 bits per heavy atom. The fourth-order valence-electron chi connectivity index (χ4n) is 1.36. The number of nitrogens with one attached hydrogen (secondary N) is 1. The average Bonchev–Trinajstić information content (AvgIpc) is 2.24. The number of rotatable bonds is 5. The van der Waals surface area contributed by atoms with Crippen LogP contribution in [0.1, 0.15) is 25.5 Å². The van der Waals surface area contributed by atoms with Gasteiger partial charge < -0.3 is 10.4 Å². The summed E-state index contributed by atoms with van der Waals surface area (Å²) in [5, 5.41) is 11.0. The van der Waals surface area contributed by atoms with Crippen molar-refractivity contribution in [3.8, 4) is 0 Å². The normalized spacial score (nSPS) is 13.4. The van der Waals surface area contributed by atoms with E-state index in [1.165, 1.54) is 0 Å². The molecule has 1 heterocycles. The van der Waals surface area contributed by atoms with Crippen molar-refractivity contribution in [2.75, 3.05) is 11.9 Å². The van der Waals surface area contributed by atoms with Gasteiger partial charge in [0.05, 0.1) is 0 Å². The van der Waals surface area contributed by atoms with Crippen LogP contribution in [0.15, 0.2) is 6.07 Å². The number of halogens is 4. The van der Waals surface area contributed by atoms with E-state index in [0.717, 1.165) is 6.07 Å². The van der Waals surface area contributed by atoms with Crippen molar-refractivity contribution >= 4 is 17.4 Å². The lowest BCUT2D eigenvalue weighted by atomic mass is 10.2. The van der Waals surface area contributed by atoms with Crippen molar-refractivity contribution in [2.45, 2.75) is 32.0 Å². The number of alkyl halides is 3. The summed E-state index contributed by atoms with van der Waals surface area (Å²) >= 11 is 5.44. The lowest BCUT2D eigenvalue weighted by Crippen LogP contribution is -2.18. The van der Waals surface area contributed by atoms with Gasteiger partial charge >= 0.3 is 6.18 Å². The van der Waals surface area contributed by atoms with Gasteiger partial charge in [0.15, 0.2) is 5.69 Å². The second-order valence-corrected chi connectivity index (χ2v) is 4.15. The van der Waals surface area contributed by atoms with Crippen LogP contribution in [-0.4, -0.2) is 27.7 Å². The highest BCUT2D eigenvalue weighted by Crippen LogP contribution is 2.29. The maximum absolute atomic E-state index is 12.5. The number of hydrogen-bond donors (Lipinski definition) is 2. The molecule has 1 aromatic heterocycles. The first-order valence-electron chi connectivity index (χ1n) is 5.32. The van der Waals surface area contributed by atoms with E-state index in [2.05, 4.69) is 15.3 Å². The van der Waals surface area contributed by atoms with Crippen LogP contribution in [0.3, 0.4) is 0 Å². The Labute approximate surface area is 107 Å². The van der Waals surface area contributed by atoms with Gasteiger partial charge in [-0.3, -0.25) is 0 Å². The standard InChI is InChI=1S/C10H13ClF3N3O/c1-6(3-2-4-18)15-8-5-7(10(12,13)14)16-9(11)17-8/h5-6,18H,2-4H2,1H3,(H,15,16,17). The number of nitrogens with zero attached hydrogens (tertiary/aromatic N) is 2. The van der Waals surface area contributed by atoms with Gasteiger partial charge in [-0.15, -0.1) is 0 Å². The maximum atomic E-state index is 12.5. The fraction of sp³-hybridized carbons (Fsp3) is 0.600. The Bertz CT molecular complexity index is 400. The maximum Gasteiger partial charge on any atom is 0.433 e. The molecule has 0 aliphatic rings. The molecule has 0 spiro atoms. The van der Waals surface area contributed by atoms with Crippen LogP contribution in [0.5, 0.6) is 0 Å². The molecule has 8 heteroatoms. The predicted molar refractivity (Wildman–Crippen MR) is 61.4 cm³/mol. The minimum atomic E-state index is -4.56. The van der Waals surface area contributed by atoms with E-state index in [4.69, 9.17) is 16.7 Å². The Hall–Kier alpha value is -1.08. The SMILES string of the molecule is CC(CCCO)Nc1cc(C(F)(F)F)nc(Cl)n1. The fourth-order valence-corrected chi connectivity index (χ4v) is 1.54. The van der Waals surface area contributed by atoms with E-state index in [0.29, 0.717) is 12.8 Å². The van der Waals surface area contributed by atoms with Crippen LogP contribution in [0, 0.1) is 0 Å². The quantitative estimate of drug-likeness (QED) is 0.816. The Morgan fingerprint density at radius 2 is 2.11 bits per heavy atom. The van der Waals surface area contributed by atoms with Crippen molar-refractivity contribution < 1.29 is 18.3 Å². The van der Waals surface area contributed by atoms with E-state index >= 15 is 0 Å². The molecular weight excluding hydrogens is 271 g/mol. The molecule has 0 aromatic carbocycles. The number of hydrogen-bond acceptors (Lipinski definition) is 4. The molecule has 0 saturated carbocycles. The molecule has 1 unspecified atom stereocenters. The van der Waals surface area contributed by atoms with Crippen molar-refractivity contribution in [3.63, 3.8) is 0 Å². The zero-order chi connectivity index (χ0) is 13.8. The zero-order valence-corrected chi connectivity index (χ0v) is 10.4. The summed E-state index contributed by atoms with van der Waals surface area (Å²) in [4.78, 5) is 6.80. The smallest absolute Gasteiger partial charge is 0.396 e. The molecule has 0 bridgehead atoms. The van der Waals surface area contributed by atoms with Crippen molar-refractivity contribution in [1.82, 2.24) is 9.97 Å². The molecule has 102 valence electrons. The summed E-state index contributed by atoms with van der Waals surface area (Å²) in [6.45, 7) is 1.81. The molecule has 1 atom stereocenters. The summed E-state index contributed by atoms with van der Waals surface area (Å²) < 4.78 is 37.4. The van der Waals surface area contributed by atoms with Gasteiger partial charge in [0, 0.05) is 18.7 Å². The second-order valence-electron chi connectivity index (χ2n) is 3.82. The molecule has 0 radical (unpaired) electrons. The topological polar surface area (TPSA) is 58.0 Å². The Kier molecular flexibility index (Phi) is 5.15.